The number of rotatable bonds is 4. The van der Waals surface area contributed by atoms with Crippen LogP contribution in [-0.2, 0) is 9.53 Å². The first kappa shape index (κ1) is 18.3. The van der Waals surface area contributed by atoms with Gasteiger partial charge in [-0.2, -0.15) is 0 Å². The molecule has 0 N–H and O–H groups in total. The molecule has 1 aliphatic heterocycles. The fourth-order valence-electron chi connectivity index (χ4n) is 2.45. The van der Waals surface area contributed by atoms with E-state index in [-0.39, 0.29) is 11.4 Å². The molecular weight excluding hydrogens is 470 g/mol. The first-order chi connectivity index (χ1) is 12.4. The van der Waals surface area contributed by atoms with Crippen molar-refractivity contribution in [2.75, 3.05) is 7.11 Å². The van der Waals surface area contributed by atoms with Crippen molar-refractivity contribution in [2.24, 2.45) is 0 Å². The molecule has 0 saturated heterocycles. The third-order valence-electron chi connectivity index (χ3n) is 3.62. The summed E-state index contributed by atoms with van der Waals surface area (Å²) in [5.41, 5.74) is 1.34. The molecule has 2 aromatic carbocycles. The van der Waals surface area contributed by atoms with Gasteiger partial charge in [0.2, 0.25) is 5.75 Å². The molecular formula is C18H11Br2NO5. The van der Waals surface area contributed by atoms with Crippen LogP contribution in [0.4, 0.5) is 5.69 Å². The van der Waals surface area contributed by atoms with Crippen LogP contribution in [0.25, 0.3) is 11.8 Å². The summed E-state index contributed by atoms with van der Waals surface area (Å²) in [6.07, 6.45) is 3.14. The van der Waals surface area contributed by atoms with Crippen molar-refractivity contribution in [2.45, 2.75) is 0 Å². The fourth-order valence-corrected chi connectivity index (χ4v) is 3.34. The molecule has 0 spiro atoms. The summed E-state index contributed by atoms with van der Waals surface area (Å²) < 4.78 is 11.7. The minimum atomic E-state index is -0.540. The largest absolute Gasteiger partial charge is 0.489 e. The predicted molar refractivity (Wildman–Crippen MR) is 104 cm³/mol. The second-order valence-electron chi connectivity index (χ2n) is 5.32. The third kappa shape index (κ3) is 3.71. The Balaban J connectivity index is 2.00. The van der Waals surface area contributed by atoms with Crippen molar-refractivity contribution in [1.29, 1.82) is 0 Å². The number of cyclic esters (lactones) is 1. The lowest BCUT2D eigenvalue weighted by atomic mass is 10.1. The molecule has 8 heteroatoms. The minimum absolute atomic E-state index is 0.122. The number of hydrogen-bond donors (Lipinski definition) is 0. The first-order valence-corrected chi connectivity index (χ1v) is 8.91. The summed E-state index contributed by atoms with van der Waals surface area (Å²) in [4.78, 5) is 22.8. The first-order valence-electron chi connectivity index (χ1n) is 7.32. The van der Waals surface area contributed by atoms with E-state index in [4.69, 9.17) is 9.47 Å². The van der Waals surface area contributed by atoms with Crippen LogP contribution in [0.15, 0.2) is 57.0 Å². The van der Waals surface area contributed by atoms with E-state index >= 15 is 0 Å². The zero-order valence-electron chi connectivity index (χ0n) is 13.4. The van der Waals surface area contributed by atoms with E-state index in [2.05, 4.69) is 31.9 Å². The number of nitro benzene ring substituents is 1. The minimum Gasteiger partial charge on any atom is -0.489 e. The van der Waals surface area contributed by atoms with Gasteiger partial charge in [0.25, 0.3) is 0 Å². The number of esters is 1. The lowest BCUT2D eigenvalue weighted by molar-refractivity contribution is -0.385. The van der Waals surface area contributed by atoms with E-state index in [1.54, 1.807) is 12.1 Å². The van der Waals surface area contributed by atoms with Crippen molar-refractivity contribution in [3.05, 3.63) is 78.2 Å². The van der Waals surface area contributed by atoms with Crippen LogP contribution in [-0.4, -0.2) is 18.0 Å². The number of hydrogen-bond acceptors (Lipinski definition) is 5. The Morgan fingerprint density at radius 1 is 1.19 bits per heavy atom. The normalized spacial score (nSPS) is 15.0. The maximum Gasteiger partial charge on any atom is 0.343 e. The molecule has 1 heterocycles. The Hall–Kier alpha value is -2.45. The van der Waals surface area contributed by atoms with E-state index in [1.807, 2.05) is 24.3 Å². The molecule has 0 aromatic heterocycles. The molecule has 2 aromatic rings. The van der Waals surface area contributed by atoms with Crippen molar-refractivity contribution >= 4 is 55.4 Å². The lowest BCUT2D eigenvalue weighted by Gasteiger charge is -2.05. The van der Waals surface area contributed by atoms with Crippen LogP contribution >= 0.6 is 31.9 Å². The number of halogens is 2. The zero-order chi connectivity index (χ0) is 18.8. The number of ether oxygens (including phenoxy) is 2. The van der Waals surface area contributed by atoms with Crippen molar-refractivity contribution in [1.82, 2.24) is 0 Å². The molecule has 132 valence electrons. The molecule has 26 heavy (non-hydrogen) atoms. The van der Waals surface area contributed by atoms with Crippen molar-refractivity contribution in [3.8, 4) is 5.75 Å². The van der Waals surface area contributed by atoms with Gasteiger partial charge in [0, 0.05) is 16.1 Å². The third-order valence-corrected chi connectivity index (χ3v) is 4.74. The van der Waals surface area contributed by atoms with Gasteiger partial charge in [0.15, 0.2) is 0 Å². The molecule has 0 radical (unpaired) electrons. The molecule has 0 amide bonds. The highest BCUT2D eigenvalue weighted by atomic mass is 79.9. The molecule has 0 atom stereocenters. The van der Waals surface area contributed by atoms with E-state index in [1.165, 1.54) is 19.3 Å². The number of carbonyl (C=O) groups is 1. The smallest absolute Gasteiger partial charge is 0.343 e. The summed E-state index contributed by atoms with van der Waals surface area (Å²) in [5.74, 6) is 0.0329. The van der Waals surface area contributed by atoms with E-state index in [0.717, 1.165) is 10.0 Å². The summed E-state index contributed by atoms with van der Waals surface area (Å²) in [6, 6.07) is 10.3. The van der Waals surface area contributed by atoms with Crippen LogP contribution in [0.5, 0.6) is 5.75 Å². The standard InChI is InChI=1S/C18H11Br2NO5/c1-25-17-14(20)7-10(8-15(17)21(23)24)6-12-9-16(26-18(12)22)11-2-4-13(19)5-3-11/h2-9H,1H3/b12-6+. The van der Waals surface area contributed by atoms with Gasteiger partial charge in [-0.3, -0.25) is 10.1 Å². The van der Waals surface area contributed by atoms with E-state index in [9.17, 15) is 14.9 Å². The van der Waals surface area contributed by atoms with Gasteiger partial charge in [0.1, 0.15) is 5.76 Å². The van der Waals surface area contributed by atoms with Gasteiger partial charge in [-0.1, -0.05) is 28.1 Å². The second kappa shape index (κ2) is 7.43. The second-order valence-corrected chi connectivity index (χ2v) is 7.09. The maximum atomic E-state index is 12.1. The lowest BCUT2D eigenvalue weighted by Crippen LogP contribution is -1.98. The summed E-state index contributed by atoms with van der Waals surface area (Å²) >= 11 is 6.60. The van der Waals surface area contributed by atoms with Gasteiger partial charge < -0.3 is 9.47 Å². The highest BCUT2D eigenvalue weighted by Crippen LogP contribution is 2.37. The Morgan fingerprint density at radius 2 is 1.88 bits per heavy atom. The van der Waals surface area contributed by atoms with Crippen LogP contribution < -0.4 is 4.74 Å². The molecule has 1 aliphatic rings. The molecule has 3 rings (SSSR count). The number of nitro groups is 1. The average molecular weight is 481 g/mol. The number of methoxy groups -OCH3 is 1. The Labute approximate surface area is 165 Å². The van der Waals surface area contributed by atoms with E-state index in [0.29, 0.717) is 21.4 Å². The van der Waals surface area contributed by atoms with Gasteiger partial charge in [-0.05, 0) is 51.8 Å². The average Bonchev–Trinajstić information content (AvgIpc) is 2.95. The Bertz CT molecular complexity index is 964. The van der Waals surface area contributed by atoms with Gasteiger partial charge in [-0.25, -0.2) is 4.79 Å². The van der Waals surface area contributed by atoms with Gasteiger partial charge in [-0.15, -0.1) is 0 Å². The monoisotopic (exact) mass is 479 g/mol. The molecule has 0 saturated carbocycles. The van der Waals surface area contributed by atoms with Gasteiger partial charge in [0.05, 0.1) is 22.1 Å². The van der Waals surface area contributed by atoms with Crippen LogP contribution in [0.2, 0.25) is 0 Å². The van der Waals surface area contributed by atoms with Crippen LogP contribution in [0.3, 0.4) is 0 Å². The maximum absolute atomic E-state index is 12.1. The predicted octanol–water partition coefficient (Wildman–Crippen LogP) is 5.11. The molecule has 0 unspecified atom stereocenters. The highest BCUT2D eigenvalue weighted by Gasteiger charge is 2.24. The Kier molecular flexibility index (Phi) is 5.24. The van der Waals surface area contributed by atoms with Crippen LogP contribution in [0, 0.1) is 10.1 Å². The van der Waals surface area contributed by atoms with Crippen molar-refractivity contribution in [3.63, 3.8) is 0 Å². The van der Waals surface area contributed by atoms with Crippen molar-refractivity contribution < 1.29 is 19.2 Å². The number of nitrogens with zero attached hydrogens (tertiary/aromatic N) is 1. The molecule has 6 nitrogen and oxygen atoms in total. The highest BCUT2D eigenvalue weighted by molar-refractivity contribution is 9.10. The molecule has 0 aliphatic carbocycles. The number of benzene rings is 2. The topological polar surface area (TPSA) is 78.7 Å². The van der Waals surface area contributed by atoms with Gasteiger partial charge >= 0.3 is 11.7 Å². The number of carbonyl (C=O) groups excluding carboxylic acids is 1. The summed E-state index contributed by atoms with van der Waals surface area (Å²) in [5, 5.41) is 11.2. The SMILES string of the molecule is COc1c(Br)cc(/C=C2\C=C(c3ccc(Br)cc3)OC2=O)cc1[N+](=O)[O-]. The fraction of sp³-hybridized carbons (Fsp3) is 0.0556. The molecule has 0 bridgehead atoms. The zero-order valence-corrected chi connectivity index (χ0v) is 16.5. The quantitative estimate of drug-likeness (QED) is 0.263. The Morgan fingerprint density at radius 3 is 2.50 bits per heavy atom. The summed E-state index contributed by atoms with van der Waals surface area (Å²) in [7, 11) is 1.35. The summed E-state index contributed by atoms with van der Waals surface area (Å²) in [6.45, 7) is 0. The van der Waals surface area contributed by atoms with Crippen LogP contribution in [0.1, 0.15) is 11.1 Å². The molecule has 0 fully saturated rings. The van der Waals surface area contributed by atoms with E-state index < -0.39 is 10.9 Å².